The molecule has 0 heterocycles. The van der Waals surface area contributed by atoms with E-state index in [-0.39, 0.29) is 0 Å². The second-order valence-electron chi connectivity index (χ2n) is 4.58. The third-order valence-electron chi connectivity index (χ3n) is 3.22. The molecule has 0 bridgehead atoms. The molecule has 0 radical (unpaired) electrons. The fraction of sp³-hybridized carbons (Fsp3) is 0.500. The van der Waals surface area contributed by atoms with E-state index in [4.69, 9.17) is 18.0 Å². The summed E-state index contributed by atoms with van der Waals surface area (Å²) in [5, 5.41) is 0. The monoisotopic (exact) mass is 250 g/mol. The van der Waals surface area contributed by atoms with E-state index in [1.807, 2.05) is 12.1 Å². The molecule has 1 unspecified atom stereocenters. The maximum atomic E-state index is 5.80. The van der Waals surface area contributed by atoms with Crippen LogP contribution in [0.5, 0.6) is 0 Å². The van der Waals surface area contributed by atoms with Crippen LogP contribution in [0.4, 0.5) is 5.69 Å². The van der Waals surface area contributed by atoms with Gasteiger partial charge in [0.1, 0.15) is 4.99 Å². The summed E-state index contributed by atoms with van der Waals surface area (Å²) in [6.45, 7) is 6.54. The molecule has 0 amide bonds. The molecule has 3 heteroatoms. The Morgan fingerprint density at radius 2 is 2.12 bits per heavy atom. The Labute approximate surface area is 110 Å². The lowest BCUT2D eigenvalue weighted by atomic mass is 10.0. The number of hydrogen-bond donors (Lipinski definition) is 1. The number of anilines is 1. The van der Waals surface area contributed by atoms with Crippen LogP contribution in [0.25, 0.3) is 0 Å². The van der Waals surface area contributed by atoms with Crippen LogP contribution in [0.1, 0.15) is 37.8 Å². The summed E-state index contributed by atoms with van der Waals surface area (Å²) in [5.41, 5.74) is 9.17. The molecule has 17 heavy (non-hydrogen) atoms. The Kier molecular flexibility index (Phi) is 4.94. The molecule has 2 nitrogen and oxygen atoms in total. The largest absolute Gasteiger partial charge is 0.389 e. The zero-order valence-corrected chi connectivity index (χ0v) is 12.0. The van der Waals surface area contributed by atoms with Crippen LogP contribution in [0.15, 0.2) is 18.2 Å². The quantitative estimate of drug-likeness (QED) is 0.813. The number of rotatable bonds is 5. The Bertz CT molecular complexity index is 401. The van der Waals surface area contributed by atoms with Crippen molar-refractivity contribution in [2.24, 2.45) is 5.73 Å². The Balaban J connectivity index is 3.15. The van der Waals surface area contributed by atoms with E-state index < -0.39 is 0 Å². The summed E-state index contributed by atoms with van der Waals surface area (Å²) in [7, 11) is 2.12. The Morgan fingerprint density at radius 3 is 2.65 bits per heavy atom. The van der Waals surface area contributed by atoms with Gasteiger partial charge >= 0.3 is 0 Å². The van der Waals surface area contributed by atoms with Crippen molar-refractivity contribution in [3.05, 3.63) is 29.3 Å². The molecular formula is C14H22N2S. The molecule has 0 aliphatic carbocycles. The second-order valence-corrected chi connectivity index (χ2v) is 5.02. The maximum absolute atomic E-state index is 5.80. The van der Waals surface area contributed by atoms with Gasteiger partial charge in [-0.15, -0.1) is 0 Å². The van der Waals surface area contributed by atoms with Gasteiger partial charge in [-0.25, -0.2) is 0 Å². The molecule has 0 aliphatic heterocycles. The van der Waals surface area contributed by atoms with Gasteiger partial charge in [0, 0.05) is 24.3 Å². The number of nitrogens with two attached hydrogens (primary N) is 1. The first-order valence-electron chi connectivity index (χ1n) is 6.11. The van der Waals surface area contributed by atoms with Crippen molar-refractivity contribution >= 4 is 22.9 Å². The Hall–Kier alpha value is -1.09. The van der Waals surface area contributed by atoms with Crippen molar-refractivity contribution in [1.82, 2.24) is 0 Å². The van der Waals surface area contributed by atoms with Crippen molar-refractivity contribution in [3.8, 4) is 0 Å². The predicted molar refractivity (Wildman–Crippen MR) is 79.8 cm³/mol. The fourth-order valence-electron chi connectivity index (χ4n) is 2.16. The summed E-state index contributed by atoms with van der Waals surface area (Å²) in [6.07, 6.45) is 2.35. The number of thiocarbonyl (C=S) groups is 1. The molecule has 1 atom stereocenters. The molecule has 1 aromatic rings. The number of hydrogen-bond acceptors (Lipinski definition) is 2. The molecular weight excluding hydrogens is 228 g/mol. The molecule has 0 saturated carbocycles. The van der Waals surface area contributed by atoms with Crippen LogP contribution in [-0.2, 0) is 0 Å². The summed E-state index contributed by atoms with van der Waals surface area (Å²) >= 11 is 5.13. The lowest BCUT2D eigenvalue weighted by molar-refractivity contribution is 0.615. The highest BCUT2D eigenvalue weighted by atomic mass is 32.1. The first-order valence-corrected chi connectivity index (χ1v) is 6.52. The van der Waals surface area contributed by atoms with E-state index in [0.29, 0.717) is 11.0 Å². The van der Waals surface area contributed by atoms with Gasteiger partial charge in [0.05, 0.1) is 0 Å². The molecule has 1 aromatic carbocycles. The Morgan fingerprint density at radius 1 is 1.47 bits per heavy atom. The topological polar surface area (TPSA) is 29.3 Å². The zero-order valence-electron chi connectivity index (χ0n) is 11.2. The highest BCUT2D eigenvalue weighted by Crippen LogP contribution is 2.26. The van der Waals surface area contributed by atoms with E-state index in [1.54, 1.807) is 0 Å². The zero-order chi connectivity index (χ0) is 13.0. The van der Waals surface area contributed by atoms with Crippen molar-refractivity contribution in [2.75, 3.05) is 11.9 Å². The van der Waals surface area contributed by atoms with Crippen LogP contribution in [0.2, 0.25) is 0 Å². The highest BCUT2D eigenvalue weighted by Gasteiger charge is 2.16. The minimum atomic E-state index is 0.472. The number of benzene rings is 1. The third kappa shape index (κ3) is 3.19. The SMILES string of the molecule is CCCC(C)N(C)c1c(C)cccc1C(N)=S. The minimum Gasteiger partial charge on any atom is -0.389 e. The minimum absolute atomic E-state index is 0.472. The van der Waals surface area contributed by atoms with E-state index >= 15 is 0 Å². The van der Waals surface area contributed by atoms with E-state index in [2.05, 4.69) is 38.8 Å². The number of para-hydroxylation sites is 1. The molecule has 0 spiro atoms. The van der Waals surface area contributed by atoms with Gasteiger partial charge < -0.3 is 10.6 Å². The van der Waals surface area contributed by atoms with Crippen molar-refractivity contribution in [2.45, 2.75) is 39.7 Å². The van der Waals surface area contributed by atoms with Gasteiger partial charge in [-0.2, -0.15) is 0 Å². The van der Waals surface area contributed by atoms with E-state index in [0.717, 1.165) is 5.56 Å². The van der Waals surface area contributed by atoms with Gasteiger partial charge in [-0.3, -0.25) is 0 Å². The normalized spacial score (nSPS) is 12.2. The van der Waals surface area contributed by atoms with Gasteiger partial charge in [-0.1, -0.05) is 37.7 Å². The smallest absolute Gasteiger partial charge is 0.106 e. The summed E-state index contributed by atoms with van der Waals surface area (Å²) in [6, 6.07) is 6.60. The van der Waals surface area contributed by atoms with E-state index in [9.17, 15) is 0 Å². The predicted octanol–water partition coefficient (Wildman–Crippen LogP) is 3.25. The number of nitrogens with zero attached hydrogens (tertiary/aromatic N) is 1. The molecule has 0 aliphatic rings. The summed E-state index contributed by atoms with van der Waals surface area (Å²) < 4.78 is 0. The third-order valence-corrected chi connectivity index (χ3v) is 3.44. The average Bonchev–Trinajstić information content (AvgIpc) is 2.28. The lowest BCUT2D eigenvalue weighted by Crippen LogP contribution is -2.31. The van der Waals surface area contributed by atoms with E-state index in [1.165, 1.54) is 24.1 Å². The molecule has 1 rings (SSSR count). The van der Waals surface area contributed by atoms with Crippen LogP contribution >= 0.6 is 12.2 Å². The van der Waals surface area contributed by atoms with Crippen molar-refractivity contribution < 1.29 is 0 Å². The van der Waals surface area contributed by atoms with Crippen molar-refractivity contribution in [3.63, 3.8) is 0 Å². The first kappa shape index (κ1) is 14.0. The average molecular weight is 250 g/mol. The van der Waals surface area contributed by atoms with Gasteiger partial charge in [-0.05, 0) is 31.9 Å². The first-order chi connectivity index (χ1) is 7.99. The summed E-state index contributed by atoms with van der Waals surface area (Å²) in [5.74, 6) is 0. The van der Waals surface area contributed by atoms with Gasteiger partial charge in [0.15, 0.2) is 0 Å². The second kappa shape index (κ2) is 6.01. The lowest BCUT2D eigenvalue weighted by Gasteiger charge is -2.30. The molecule has 94 valence electrons. The van der Waals surface area contributed by atoms with Crippen LogP contribution in [0.3, 0.4) is 0 Å². The molecule has 0 fully saturated rings. The summed E-state index contributed by atoms with van der Waals surface area (Å²) in [4.78, 5) is 2.76. The van der Waals surface area contributed by atoms with Crippen LogP contribution in [0, 0.1) is 6.92 Å². The molecule has 0 saturated heterocycles. The number of aryl methyl sites for hydroxylation is 1. The van der Waals surface area contributed by atoms with Gasteiger partial charge in [0.25, 0.3) is 0 Å². The van der Waals surface area contributed by atoms with Crippen LogP contribution < -0.4 is 10.6 Å². The maximum Gasteiger partial charge on any atom is 0.106 e. The molecule has 2 N–H and O–H groups in total. The van der Waals surface area contributed by atoms with Crippen molar-refractivity contribution in [1.29, 1.82) is 0 Å². The van der Waals surface area contributed by atoms with Gasteiger partial charge in [0.2, 0.25) is 0 Å². The standard InChI is InChI=1S/C14H22N2S/c1-5-7-11(3)16(4)13-10(2)8-6-9-12(13)14(15)17/h6,8-9,11H,5,7H2,1-4H3,(H2,15,17). The van der Waals surface area contributed by atoms with Crippen LogP contribution in [-0.4, -0.2) is 18.1 Å². The fourth-order valence-corrected chi connectivity index (χ4v) is 2.32. The highest BCUT2D eigenvalue weighted by molar-refractivity contribution is 7.80. The molecule has 0 aromatic heterocycles.